The van der Waals surface area contributed by atoms with Crippen LogP contribution in [0.25, 0.3) is 0 Å². The molecule has 0 aliphatic carbocycles. The van der Waals surface area contributed by atoms with E-state index in [-0.39, 0.29) is 23.2 Å². The van der Waals surface area contributed by atoms with Crippen LogP contribution in [0.2, 0.25) is 0 Å². The van der Waals surface area contributed by atoms with Gasteiger partial charge in [0.2, 0.25) is 10.0 Å². The van der Waals surface area contributed by atoms with Crippen LogP contribution in [0, 0.1) is 5.92 Å². The van der Waals surface area contributed by atoms with Crippen molar-refractivity contribution >= 4 is 27.5 Å². The number of nitrogens with one attached hydrogen (secondary N) is 1. The van der Waals surface area contributed by atoms with E-state index in [9.17, 15) is 18.0 Å². The Hall–Kier alpha value is -1.93. The van der Waals surface area contributed by atoms with Crippen molar-refractivity contribution in [3.8, 4) is 0 Å². The molecule has 1 heterocycles. The lowest BCUT2D eigenvalue weighted by atomic mass is 10.1. The summed E-state index contributed by atoms with van der Waals surface area (Å²) in [6.45, 7) is 7.00. The fourth-order valence-corrected chi connectivity index (χ4v) is 4.21. The number of rotatable bonds is 8. The van der Waals surface area contributed by atoms with E-state index >= 15 is 0 Å². The van der Waals surface area contributed by atoms with Crippen molar-refractivity contribution in [1.82, 2.24) is 4.72 Å². The average Bonchev–Trinajstić information content (AvgIpc) is 2.61. The van der Waals surface area contributed by atoms with Gasteiger partial charge >= 0.3 is 5.97 Å². The van der Waals surface area contributed by atoms with Gasteiger partial charge in [0.25, 0.3) is 0 Å². The zero-order valence-electron chi connectivity index (χ0n) is 16.1. The van der Waals surface area contributed by atoms with E-state index in [2.05, 4.69) is 9.62 Å². The molecule has 7 nitrogen and oxygen atoms in total. The van der Waals surface area contributed by atoms with Gasteiger partial charge in [0.15, 0.2) is 0 Å². The molecule has 0 unspecified atom stereocenters. The van der Waals surface area contributed by atoms with Crippen LogP contribution in [0.4, 0.5) is 5.69 Å². The zero-order valence-corrected chi connectivity index (χ0v) is 16.9. The summed E-state index contributed by atoms with van der Waals surface area (Å²) in [4.78, 5) is 25.6. The summed E-state index contributed by atoms with van der Waals surface area (Å²) in [6, 6.07) is 5.58. The molecule has 1 aliphatic rings. The van der Waals surface area contributed by atoms with E-state index in [1.807, 2.05) is 13.8 Å². The monoisotopic (exact) mass is 396 g/mol. The topological polar surface area (TPSA) is 92.8 Å². The Morgan fingerprint density at radius 2 is 1.78 bits per heavy atom. The first-order chi connectivity index (χ1) is 12.7. The summed E-state index contributed by atoms with van der Waals surface area (Å²) in [5, 5.41) is 0. The minimum atomic E-state index is -3.85. The number of hydrogen-bond donors (Lipinski definition) is 1. The normalized spacial score (nSPS) is 16.4. The van der Waals surface area contributed by atoms with Crippen molar-refractivity contribution < 1.29 is 22.7 Å². The van der Waals surface area contributed by atoms with E-state index in [0.29, 0.717) is 32.4 Å². The van der Waals surface area contributed by atoms with E-state index in [1.165, 1.54) is 12.1 Å². The quantitative estimate of drug-likeness (QED) is 0.677. The van der Waals surface area contributed by atoms with E-state index in [0.717, 1.165) is 5.69 Å². The number of sulfonamides is 1. The van der Waals surface area contributed by atoms with Crippen LogP contribution in [0.3, 0.4) is 0 Å². The highest BCUT2D eigenvalue weighted by atomic mass is 32.2. The van der Waals surface area contributed by atoms with Crippen LogP contribution >= 0.6 is 0 Å². The minimum absolute atomic E-state index is 0.0948. The lowest BCUT2D eigenvalue weighted by Crippen LogP contribution is -2.42. The molecular weight excluding hydrogens is 368 g/mol. The van der Waals surface area contributed by atoms with Gasteiger partial charge in [-0.05, 0) is 43.5 Å². The number of ether oxygens (including phenoxy) is 1. The number of carbonyl (C=O) groups excluding carboxylic acids is 2. The predicted molar refractivity (Wildman–Crippen MR) is 103 cm³/mol. The highest BCUT2D eigenvalue weighted by Gasteiger charge is 2.27. The second-order valence-electron chi connectivity index (χ2n) is 7.08. The second-order valence-corrected chi connectivity index (χ2v) is 8.79. The van der Waals surface area contributed by atoms with Gasteiger partial charge in [0.05, 0.1) is 11.5 Å². The highest BCUT2D eigenvalue weighted by Crippen LogP contribution is 2.21. The fraction of sp³-hybridized carbons (Fsp3) is 0.579. The van der Waals surface area contributed by atoms with Crippen molar-refractivity contribution in [3.63, 3.8) is 0 Å². The van der Waals surface area contributed by atoms with Crippen LogP contribution in [0.15, 0.2) is 29.2 Å². The zero-order chi connectivity index (χ0) is 20.0. The number of esters is 1. The third-order valence-electron chi connectivity index (χ3n) is 4.41. The second kappa shape index (κ2) is 9.32. The molecule has 1 saturated heterocycles. The van der Waals surface area contributed by atoms with E-state index in [4.69, 9.17) is 4.74 Å². The van der Waals surface area contributed by atoms with E-state index in [1.54, 1.807) is 19.1 Å². The Balaban J connectivity index is 2.12. The SMILES string of the molecule is CCOC(=O)[C@H](CC(C)C)NS(=O)(=O)c1ccc(N2CCC(=O)CC2)cc1. The van der Waals surface area contributed by atoms with Gasteiger partial charge in [-0.25, -0.2) is 8.42 Å². The Morgan fingerprint density at radius 3 is 2.30 bits per heavy atom. The molecule has 0 amide bonds. The highest BCUT2D eigenvalue weighted by molar-refractivity contribution is 7.89. The molecule has 1 aliphatic heterocycles. The van der Waals surface area contributed by atoms with Gasteiger partial charge in [-0.15, -0.1) is 0 Å². The maximum Gasteiger partial charge on any atom is 0.324 e. The summed E-state index contributed by atoms with van der Waals surface area (Å²) in [5.74, 6) is -0.180. The lowest BCUT2D eigenvalue weighted by molar-refractivity contribution is -0.145. The molecule has 1 N–H and O–H groups in total. The molecule has 1 aromatic rings. The molecule has 150 valence electrons. The summed E-state index contributed by atoms with van der Waals surface area (Å²) in [7, 11) is -3.85. The summed E-state index contributed by atoms with van der Waals surface area (Å²) in [5.41, 5.74) is 0.880. The van der Waals surface area contributed by atoms with E-state index < -0.39 is 22.0 Å². The minimum Gasteiger partial charge on any atom is -0.465 e. The molecule has 0 spiro atoms. The Bertz CT molecular complexity index is 749. The molecule has 0 radical (unpaired) electrons. The molecule has 0 aromatic heterocycles. The Kier molecular flexibility index (Phi) is 7.38. The van der Waals surface area contributed by atoms with Crippen molar-refractivity contribution in [2.24, 2.45) is 5.92 Å². The van der Waals surface area contributed by atoms with Crippen LogP contribution in [-0.4, -0.2) is 45.9 Å². The fourth-order valence-electron chi connectivity index (χ4n) is 3.01. The predicted octanol–water partition coefficient (Wildman–Crippen LogP) is 2.11. The largest absolute Gasteiger partial charge is 0.465 e. The first-order valence-corrected chi connectivity index (χ1v) is 10.8. The van der Waals surface area contributed by atoms with Crippen molar-refractivity contribution in [3.05, 3.63) is 24.3 Å². The average molecular weight is 397 g/mol. The maximum absolute atomic E-state index is 12.7. The van der Waals surface area contributed by atoms with Crippen LogP contribution in [0.5, 0.6) is 0 Å². The number of ketones is 1. The number of anilines is 1. The number of piperidine rings is 1. The molecule has 8 heteroatoms. The van der Waals surface area contributed by atoms with Gasteiger partial charge < -0.3 is 9.64 Å². The summed E-state index contributed by atoms with van der Waals surface area (Å²) >= 11 is 0. The van der Waals surface area contributed by atoms with Gasteiger partial charge in [-0.2, -0.15) is 4.72 Å². The van der Waals surface area contributed by atoms with Gasteiger partial charge in [0, 0.05) is 31.6 Å². The Morgan fingerprint density at radius 1 is 1.19 bits per heavy atom. The lowest BCUT2D eigenvalue weighted by Gasteiger charge is -2.28. The molecule has 1 aromatic carbocycles. The molecule has 0 saturated carbocycles. The first-order valence-electron chi connectivity index (χ1n) is 9.28. The smallest absolute Gasteiger partial charge is 0.324 e. The number of benzene rings is 1. The third kappa shape index (κ3) is 6.04. The molecule has 1 atom stereocenters. The molecule has 27 heavy (non-hydrogen) atoms. The van der Waals surface area contributed by atoms with Crippen molar-refractivity contribution in [2.75, 3.05) is 24.6 Å². The first kappa shape index (κ1) is 21.4. The van der Waals surface area contributed by atoms with Crippen LogP contribution in [0.1, 0.15) is 40.0 Å². The molecular formula is C19H28N2O5S. The van der Waals surface area contributed by atoms with Crippen molar-refractivity contribution in [1.29, 1.82) is 0 Å². The summed E-state index contributed by atoms with van der Waals surface area (Å²) < 4.78 is 32.8. The van der Waals surface area contributed by atoms with Crippen molar-refractivity contribution in [2.45, 2.75) is 51.0 Å². The molecule has 1 fully saturated rings. The van der Waals surface area contributed by atoms with Crippen LogP contribution in [-0.2, 0) is 24.3 Å². The summed E-state index contributed by atoms with van der Waals surface area (Å²) in [6.07, 6.45) is 1.38. The van der Waals surface area contributed by atoms with Crippen LogP contribution < -0.4 is 9.62 Å². The molecule has 2 rings (SSSR count). The number of hydrogen-bond acceptors (Lipinski definition) is 6. The van der Waals surface area contributed by atoms with Gasteiger partial charge in [-0.3, -0.25) is 9.59 Å². The van der Waals surface area contributed by atoms with Gasteiger partial charge in [0.1, 0.15) is 11.8 Å². The number of carbonyl (C=O) groups is 2. The number of Topliss-reactive ketones (excluding diaryl/α,β-unsaturated/α-hetero) is 1. The van der Waals surface area contributed by atoms with Gasteiger partial charge in [-0.1, -0.05) is 13.8 Å². The third-order valence-corrected chi connectivity index (χ3v) is 5.90. The maximum atomic E-state index is 12.7. The number of nitrogens with zero attached hydrogens (tertiary/aromatic N) is 1. The molecule has 0 bridgehead atoms. The Labute approximate surface area is 161 Å². The standard InChI is InChI=1S/C19H28N2O5S/c1-4-26-19(23)18(13-14(2)3)20-27(24,25)17-7-5-15(6-8-17)21-11-9-16(22)10-12-21/h5-8,14,18,20H,4,9-13H2,1-3H3/t18-/m0/s1.